The number of nitrogens with zero attached hydrogens (tertiary/aromatic N) is 1. The average Bonchev–Trinajstić information content (AvgIpc) is 2.77. The first-order valence-corrected chi connectivity index (χ1v) is 10.8. The summed E-state index contributed by atoms with van der Waals surface area (Å²) < 4.78 is 10.5. The van der Waals surface area contributed by atoms with Gasteiger partial charge in [0.15, 0.2) is 0 Å². The van der Waals surface area contributed by atoms with E-state index in [0.29, 0.717) is 31.5 Å². The Hall–Kier alpha value is -3.36. The van der Waals surface area contributed by atoms with Crippen molar-refractivity contribution >= 4 is 23.9 Å². The second-order valence-corrected chi connectivity index (χ2v) is 7.92. The Morgan fingerprint density at radius 2 is 1.81 bits per heavy atom. The van der Waals surface area contributed by atoms with Gasteiger partial charge < -0.3 is 25.0 Å². The monoisotopic (exact) mass is 443 g/mol. The largest absolute Gasteiger partial charge is 0.463 e. The molecular formula is C23H29N3O6. The molecule has 1 aromatic carbocycles. The standard InChI is InChI=1S/C23H29N3O6/c1-4-31-22(29)19-15(3)24-23(30)25-18(19)13-32-21(28)16-9-11-26(12-10-16)20(27)17-8-6-5-7-14(17)2/h5-8,15-16H,4,9-13H2,1-3H3,(H2,24,25,30)/t15-/m1/s1. The highest BCUT2D eigenvalue weighted by atomic mass is 16.5. The van der Waals surface area contributed by atoms with Crippen molar-refractivity contribution in [2.45, 2.75) is 39.7 Å². The number of nitrogens with one attached hydrogen (secondary N) is 2. The second kappa shape index (κ2) is 10.3. The lowest BCUT2D eigenvalue weighted by Gasteiger charge is -2.31. The van der Waals surface area contributed by atoms with E-state index in [1.54, 1.807) is 24.8 Å². The number of urea groups is 1. The van der Waals surface area contributed by atoms with Crippen LogP contribution < -0.4 is 10.6 Å². The van der Waals surface area contributed by atoms with E-state index < -0.39 is 24.0 Å². The molecule has 0 aliphatic carbocycles. The molecule has 1 aromatic rings. The summed E-state index contributed by atoms with van der Waals surface area (Å²) in [5, 5.41) is 5.13. The summed E-state index contributed by atoms with van der Waals surface area (Å²) in [7, 11) is 0. The fraction of sp³-hybridized carbons (Fsp3) is 0.478. The molecule has 2 heterocycles. The van der Waals surface area contributed by atoms with Gasteiger partial charge in [-0.3, -0.25) is 9.59 Å². The SMILES string of the molecule is CCOC(=O)C1=C(COC(=O)C2CCN(C(=O)c3ccccc3C)CC2)NC(=O)N[C@@H]1C. The fourth-order valence-electron chi connectivity index (χ4n) is 3.96. The summed E-state index contributed by atoms with van der Waals surface area (Å²) in [6, 6.07) is 6.40. The van der Waals surface area contributed by atoms with Gasteiger partial charge in [-0.2, -0.15) is 0 Å². The van der Waals surface area contributed by atoms with Gasteiger partial charge in [0.05, 0.1) is 29.8 Å². The van der Waals surface area contributed by atoms with Crippen LogP contribution in [0.2, 0.25) is 0 Å². The van der Waals surface area contributed by atoms with Gasteiger partial charge in [0, 0.05) is 18.7 Å². The molecule has 1 atom stereocenters. The fourth-order valence-corrected chi connectivity index (χ4v) is 3.96. The van der Waals surface area contributed by atoms with Crippen LogP contribution in [0, 0.1) is 12.8 Å². The maximum Gasteiger partial charge on any atom is 0.338 e. The number of benzene rings is 1. The number of hydrogen-bond donors (Lipinski definition) is 2. The van der Waals surface area contributed by atoms with Crippen LogP contribution in [0.5, 0.6) is 0 Å². The number of hydrogen-bond acceptors (Lipinski definition) is 6. The molecule has 1 fully saturated rings. The quantitative estimate of drug-likeness (QED) is 0.650. The first kappa shape index (κ1) is 23.3. The molecule has 3 rings (SSSR count). The number of esters is 2. The lowest BCUT2D eigenvalue weighted by molar-refractivity contribution is -0.149. The van der Waals surface area contributed by atoms with Gasteiger partial charge in [-0.25, -0.2) is 9.59 Å². The van der Waals surface area contributed by atoms with E-state index in [2.05, 4.69) is 10.6 Å². The van der Waals surface area contributed by atoms with Crippen LogP contribution in [0.1, 0.15) is 42.6 Å². The van der Waals surface area contributed by atoms with Crippen LogP contribution in [0.4, 0.5) is 4.79 Å². The molecule has 2 aliphatic heterocycles. The Labute approximate surface area is 187 Å². The predicted octanol–water partition coefficient (Wildman–Crippen LogP) is 1.91. The van der Waals surface area contributed by atoms with E-state index in [4.69, 9.17) is 9.47 Å². The van der Waals surface area contributed by atoms with E-state index in [1.165, 1.54) is 0 Å². The Balaban J connectivity index is 1.58. The Bertz CT molecular complexity index is 933. The van der Waals surface area contributed by atoms with Crippen LogP contribution >= 0.6 is 0 Å². The van der Waals surface area contributed by atoms with Crippen molar-refractivity contribution in [1.29, 1.82) is 0 Å². The Kier molecular flexibility index (Phi) is 7.50. The zero-order valence-electron chi connectivity index (χ0n) is 18.6. The van der Waals surface area contributed by atoms with Gasteiger partial charge in [0.25, 0.3) is 5.91 Å². The van der Waals surface area contributed by atoms with Gasteiger partial charge >= 0.3 is 18.0 Å². The highest BCUT2D eigenvalue weighted by Gasteiger charge is 2.32. The maximum absolute atomic E-state index is 12.8. The summed E-state index contributed by atoms with van der Waals surface area (Å²) in [6.07, 6.45) is 0.981. The highest BCUT2D eigenvalue weighted by molar-refractivity contribution is 5.96. The number of piperidine rings is 1. The molecule has 2 N–H and O–H groups in total. The van der Waals surface area contributed by atoms with Gasteiger partial charge in [0.2, 0.25) is 0 Å². The smallest absolute Gasteiger partial charge is 0.338 e. The van der Waals surface area contributed by atoms with E-state index in [0.717, 1.165) is 5.56 Å². The molecule has 172 valence electrons. The number of rotatable bonds is 6. The normalized spacial score (nSPS) is 19.2. The minimum atomic E-state index is -0.568. The molecule has 32 heavy (non-hydrogen) atoms. The van der Waals surface area contributed by atoms with E-state index >= 15 is 0 Å². The zero-order chi connectivity index (χ0) is 23.3. The highest BCUT2D eigenvalue weighted by Crippen LogP contribution is 2.22. The van der Waals surface area contributed by atoms with Crippen LogP contribution in [0.3, 0.4) is 0 Å². The maximum atomic E-state index is 12.8. The molecule has 9 heteroatoms. The Morgan fingerprint density at radius 1 is 1.12 bits per heavy atom. The minimum absolute atomic E-state index is 0.0365. The number of ether oxygens (including phenoxy) is 2. The number of carbonyl (C=O) groups is 4. The average molecular weight is 444 g/mol. The summed E-state index contributed by atoms with van der Waals surface area (Å²) >= 11 is 0. The number of likely N-dealkylation sites (tertiary alicyclic amines) is 1. The first-order chi connectivity index (χ1) is 15.3. The third-order valence-electron chi connectivity index (χ3n) is 5.72. The van der Waals surface area contributed by atoms with Crippen molar-refractivity contribution in [3.63, 3.8) is 0 Å². The van der Waals surface area contributed by atoms with Gasteiger partial charge in [0.1, 0.15) is 6.61 Å². The van der Waals surface area contributed by atoms with E-state index in [-0.39, 0.29) is 36.3 Å². The number of carbonyl (C=O) groups excluding carboxylic acids is 4. The van der Waals surface area contributed by atoms with Crippen LogP contribution in [-0.4, -0.2) is 61.1 Å². The van der Waals surface area contributed by atoms with Gasteiger partial charge in [-0.05, 0) is 45.2 Å². The molecular weight excluding hydrogens is 414 g/mol. The molecule has 0 aromatic heterocycles. The van der Waals surface area contributed by atoms with Gasteiger partial charge in [-0.1, -0.05) is 18.2 Å². The van der Waals surface area contributed by atoms with Gasteiger partial charge in [-0.15, -0.1) is 0 Å². The van der Waals surface area contributed by atoms with Crippen LogP contribution in [-0.2, 0) is 19.1 Å². The summed E-state index contributed by atoms with van der Waals surface area (Å²) in [6.45, 7) is 6.13. The Morgan fingerprint density at radius 3 is 2.47 bits per heavy atom. The third kappa shape index (κ3) is 5.27. The summed E-state index contributed by atoms with van der Waals surface area (Å²) in [5.41, 5.74) is 2.05. The van der Waals surface area contributed by atoms with E-state index in [1.807, 2.05) is 25.1 Å². The minimum Gasteiger partial charge on any atom is -0.463 e. The molecule has 9 nitrogen and oxygen atoms in total. The van der Waals surface area contributed by atoms with Crippen LogP contribution in [0.15, 0.2) is 35.5 Å². The molecule has 3 amide bonds. The van der Waals surface area contributed by atoms with Crippen molar-refractivity contribution in [2.75, 3.05) is 26.3 Å². The summed E-state index contributed by atoms with van der Waals surface area (Å²) in [4.78, 5) is 51.2. The number of aryl methyl sites for hydroxylation is 1. The molecule has 0 unspecified atom stereocenters. The molecule has 0 saturated carbocycles. The molecule has 1 saturated heterocycles. The van der Waals surface area contributed by atoms with Crippen molar-refractivity contribution in [3.05, 3.63) is 46.7 Å². The molecule has 0 spiro atoms. The molecule has 0 radical (unpaired) electrons. The second-order valence-electron chi connectivity index (χ2n) is 7.92. The topological polar surface area (TPSA) is 114 Å². The van der Waals surface area contributed by atoms with Crippen molar-refractivity contribution in [1.82, 2.24) is 15.5 Å². The van der Waals surface area contributed by atoms with E-state index in [9.17, 15) is 19.2 Å². The van der Waals surface area contributed by atoms with Crippen molar-refractivity contribution in [2.24, 2.45) is 5.92 Å². The summed E-state index contributed by atoms with van der Waals surface area (Å²) in [5.74, 6) is -1.37. The molecule has 2 aliphatic rings. The lowest BCUT2D eigenvalue weighted by atomic mass is 9.96. The number of amides is 3. The van der Waals surface area contributed by atoms with Crippen molar-refractivity contribution < 1.29 is 28.7 Å². The predicted molar refractivity (Wildman–Crippen MR) is 116 cm³/mol. The van der Waals surface area contributed by atoms with Crippen molar-refractivity contribution in [3.8, 4) is 0 Å². The first-order valence-electron chi connectivity index (χ1n) is 10.8. The van der Waals surface area contributed by atoms with Crippen LogP contribution in [0.25, 0.3) is 0 Å². The third-order valence-corrected chi connectivity index (χ3v) is 5.72. The lowest BCUT2D eigenvalue weighted by Crippen LogP contribution is -2.50. The molecule has 0 bridgehead atoms. The zero-order valence-corrected chi connectivity index (χ0v) is 18.6.